The zero-order valence-electron chi connectivity index (χ0n) is 26.2. The third kappa shape index (κ3) is 5.10. The van der Waals surface area contributed by atoms with Gasteiger partial charge < -0.3 is 0 Å². The third-order valence-electron chi connectivity index (χ3n) is 9.27. The molecule has 1 aliphatic heterocycles. The minimum atomic E-state index is 0.901. The summed E-state index contributed by atoms with van der Waals surface area (Å²) in [6.45, 7) is 0. The molecule has 0 fully saturated rings. The summed E-state index contributed by atoms with van der Waals surface area (Å²) in [4.78, 5) is 10.7. The van der Waals surface area contributed by atoms with Crippen LogP contribution in [0.4, 0.5) is 11.4 Å². The van der Waals surface area contributed by atoms with Crippen LogP contribution in [0.3, 0.4) is 0 Å². The van der Waals surface area contributed by atoms with E-state index in [1.54, 1.807) is 0 Å². The Morgan fingerprint density at radius 2 is 0.583 bits per heavy atom. The van der Waals surface area contributed by atoms with Gasteiger partial charge in [-0.15, -0.1) is 0 Å². The largest absolute Gasteiger partial charge is 0.247 e. The summed E-state index contributed by atoms with van der Waals surface area (Å²) >= 11 is 0. The van der Waals surface area contributed by atoms with Crippen molar-refractivity contribution in [2.24, 2.45) is 9.98 Å². The number of rotatable bonds is 4. The van der Waals surface area contributed by atoms with E-state index < -0.39 is 0 Å². The van der Waals surface area contributed by atoms with Gasteiger partial charge in [-0.3, -0.25) is 0 Å². The molecular weight excluding hydrogens is 581 g/mol. The van der Waals surface area contributed by atoms with Crippen molar-refractivity contribution in [2.45, 2.75) is 0 Å². The SMILES string of the molecule is c1ccc2c(c1)N=C(c1ccc(-c3ccc4ccccc4c3)cc1)c1ccccc1N=C2c1ccc(-c2ccc3ccccc3c2)cc1. The summed E-state index contributed by atoms with van der Waals surface area (Å²) in [6, 6.07) is 64.4. The molecule has 0 aromatic heterocycles. The molecule has 8 aromatic carbocycles. The lowest BCUT2D eigenvalue weighted by Gasteiger charge is -2.18. The number of hydrogen-bond donors (Lipinski definition) is 0. The van der Waals surface area contributed by atoms with E-state index in [-0.39, 0.29) is 0 Å². The van der Waals surface area contributed by atoms with Crippen LogP contribution in [-0.4, -0.2) is 11.4 Å². The number of para-hydroxylation sites is 2. The number of benzene rings is 8. The molecule has 0 aliphatic carbocycles. The van der Waals surface area contributed by atoms with E-state index in [4.69, 9.17) is 9.98 Å². The molecule has 0 atom stereocenters. The minimum Gasteiger partial charge on any atom is -0.247 e. The highest BCUT2D eigenvalue weighted by Gasteiger charge is 2.20. The Bertz CT molecular complexity index is 2360. The van der Waals surface area contributed by atoms with E-state index in [1.807, 2.05) is 0 Å². The normalized spacial score (nSPS) is 12.4. The summed E-state index contributed by atoms with van der Waals surface area (Å²) in [6.07, 6.45) is 0. The molecular formula is C46H30N2. The smallest absolute Gasteiger partial charge is 0.0803 e. The first kappa shape index (κ1) is 27.9. The van der Waals surface area contributed by atoms with Gasteiger partial charge in [0.25, 0.3) is 0 Å². The van der Waals surface area contributed by atoms with Crippen LogP contribution in [0.2, 0.25) is 0 Å². The van der Waals surface area contributed by atoms with Gasteiger partial charge in [0.2, 0.25) is 0 Å². The molecule has 2 heteroatoms. The van der Waals surface area contributed by atoms with Gasteiger partial charge in [0.15, 0.2) is 0 Å². The molecule has 1 aliphatic rings. The van der Waals surface area contributed by atoms with Crippen molar-refractivity contribution < 1.29 is 0 Å². The van der Waals surface area contributed by atoms with Crippen LogP contribution in [0.15, 0.2) is 192 Å². The molecule has 8 aromatic rings. The van der Waals surface area contributed by atoms with Crippen LogP contribution in [0.5, 0.6) is 0 Å². The highest BCUT2D eigenvalue weighted by molar-refractivity contribution is 6.22. The fourth-order valence-corrected chi connectivity index (χ4v) is 6.72. The molecule has 0 radical (unpaired) electrons. The molecule has 0 saturated heterocycles. The highest BCUT2D eigenvalue weighted by Crippen LogP contribution is 2.35. The van der Waals surface area contributed by atoms with E-state index in [0.29, 0.717) is 0 Å². The topological polar surface area (TPSA) is 24.7 Å². The van der Waals surface area contributed by atoms with Crippen LogP contribution in [0, 0.1) is 0 Å². The standard InChI is InChI=1S/C46H30N2/c1-3-11-37-29-39(27-21-31(37)9-1)33-17-23-35(24-18-33)45-41-13-5-7-15-43(41)48-46(42-14-6-8-16-44(42)47-45)36-25-19-34(20-26-36)40-28-22-32-10-2-4-12-38(32)30-40/h1-30H. The predicted molar refractivity (Wildman–Crippen MR) is 202 cm³/mol. The van der Waals surface area contributed by atoms with Crippen molar-refractivity contribution in [1.82, 2.24) is 0 Å². The zero-order chi connectivity index (χ0) is 31.9. The van der Waals surface area contributed by atoms with Gasteiger partial charge in [-0.1, -0.05) is 158 Å². The Labute approximate surface area is 280 Å². The number of hydrogen-bond acceptors (Lipinski definition) is 2. The number of fused-ring (bicyclic) bond motifs is 4. The second kappa shape index (κ2) is 11.8. The molecule has 0 N–H and O–H groups in total. The molecule has 0 unspecified atom stereocenters. The van der Waals surface area contributed by atoms with Crippen LogP contribution in [-0.2, 0) is 0 Å². The quantitative estimate of drug-likeness (QED) is 0.189. The van der Waals surface area contributed by atoms with Gasteiger partial charge in [-0.2, -0.15) is 0 Å². The van der Waals surface area contributed by atoms with Crippen molar-refractivity contribution in [3.8, 4) is 22.3 Å². The lowest BCUT2D eigenvalue weighted by molar-refractivity contribution is 1.39. The Morgan fingerprint density at radius 1 is 0.250 bits per heavy atom. The van der Waals surface area contributed by atoms with Gasteiger partial charge in [0.05, 0.1) is 22.8 Å². The molecule has 0 amide bonds. The lowest BCUT2D eigenvalue weighted by Crippen LogP contribution is -2.10. The van der Waals surface area contributed by atoms with Crippen molar-refractivity contribution in [1.29, 1.82) is 0 Å². The zero-order valence-corrected chi connectivity index (χ0v) is 26.2. The first-order chi connectivity index (χ1) is 23.8. The van der Waals surface area contributed by atoms with Gasteiger partial charge in [0, 0.05) is 22.3 Å². The second-order valence-corrected chi connectivity index (χ2v) is 12.2. The lowest BCUT2D eigenvalue weighted by atomic mass is 9.94. The predicted octanol–water partition coefficient (Wildman–Crippen LogP) is 12.0. The Morgan fingerprint density at radius 3 is 1.02 bits per heavy atom. The Kier molecular flexibility index (Phi) is 6.84. The molecule has 224 valence electrons. The van der Waals surface area contributed by atoms with Crippen LogP contribution >= 0.6 is 0 Å². The summed E-state index contributed by atoms with van der Waals surface area (Å²) in [5, 5.41) is 4.98. The van der Waals surface area contributed by atoms with Gasteiger partial charge in [0.1, 0.15) is 0 Å². The maximum absolute atomic E-state index is 5.36. The minimum absolute atomic E-state index is 0.901. The maximum atomic E-state index is 5.36. The molecule has 0 saturated carbocycles. The van der Waals surface area contributed by atoms with Crippen LogP contribution in [0.1, 0.15) is 22.3 Å². The van der Waals surface area contributed by atoms with E-state index in [2.05, 4.69) is 182 Å². The molecule has 48 heavy (non-hydrogen) atoms. The van der Waals surface area contributed by atoms with Crippen molar-refractivity contribution >= 4 is 44.3 Å². The number of aliphatic imine (C=N–C) groups is 2. The summed E-state index contributed by atoms with van der Waals surface area (Å²) in [7, 11) is 0. The molecule has 1 heterocycles. The van der Waals surface area contributed by atoms with Gasteiger partial charge in [-0.05, 0) is 68.1 Å². The first-order valence-corrected chi connectivity index (χ1v) is 16.3. The van der Waals surface area contributed by atoms with Gasteiger partial charge >= 0.3 is 0 Å². The average molecular weight is 611 g/mol. The van der Waals surface area contributed by atoms with E-state index in [9.17, 15) is 0 Å². The third-order valence-corrected chi connectivity index (χ3v) is 9.27. The van der Waals surface area contributed by atoms with Crippen molar-refractivity contribution in [3.05, 3.63) is 204 Å². The second-order valence-electron chi connectivity index (χ2n) is 12.2. The summed E-state index contributed by atoms with van der Waals surface area (Å²) < 4.78 is 0. The number of nitrogens with zero attached hydrogens (tertiary/aromatic N) is 2. The molecule has 9 rings (SSSR count). The monoisotopic (exact) mass is 610 g/mol. The maximum Gasteiger partial charge on any atom is 0.0803 e. The highest BCUT2D eigenvalue weighted by atomic mass is 14.8. The van der Waals surface area contributed by atoms with Gasteiger partial charge in [-0.25, -0.2) is 9.98 Å². The fraction of sp³-hybridized carbons (Fsp3) is 0. The summed E-state index contributed by atoms with van der Waals surface area (Å²) in [5.41, 5.74) is 12.5. The molecule has 0 bridgehead atoms. The van der Waals surface area contributed by atoms with Crippen molar-refractivity contribution in [2.75, 3.05) is 0 Å². The van der Waals surface area contributed by atoms with Crippen LogP contribution in [0.25, 0.3) is 43.8 Å². The Hall–Kier alpha value is -6.38. The van der Waals surface area contributed by atoms with Crippen molar-refractivity contribution in [3.63, 3.8) is 0 Å². The summed E-state index contributed by atoms with van der Waals surface area (Å²) in [5.74, 6) is 0. The fourth-order valence-electron chi connectivity index (χ4n) is 6.72. The first-order valence-electron chi connectivity index (χ1n) is 16.3. The van der Waals surface area contributed by atoms with Crippen LogP contribution < -0.4 is 0 Å². The van der Waals surface area contributed by atoms with E-state index in [0.717, 1.165) is 45.1 Å². The van der Waals surface area contributed by atoms with E-state index >= 15 is 0 Å². The Balaban J connectivity index is 1.11. The van der Waals surface area contributed by atoms with E-state index in [1.165, 1.54) is 43.8 Å². The average Bonchev–Trinajstić information content (AvgIpc) is 3.15. The molecule has 2 nitrogen and oxygen atoms in total. The molecule has 0 spiro atoms.